The third-order valence-corrected chi connectivity index (χ3v) is 3.32. The first-order valence-corrected chi connectivity index (χ1v) is 6.90. The fourth-order valence-electron chi connectivity index (χ4n) is 1.55. The highest BCUT2D eigenvalue weighted by Crippen LogP contribution is 2.08. The van der Waals surface area contributed by atoms with Gasteiger partial charge in [-0.2, -0.15) is 0 Å². The van der Waals surface area contributed by atoms with E-state index in [1.165, 1.54) is 0 Å². The summed E-state index contributed by atoms with van der Waals surface area (Å²) in [6.45, 7) is 2.09. The van der Waals surface area contributed by atoms with Gasteiger partial charge >= 0.3 is 0 Å². The van der Waals surface area contributed by atoms with Crippen molar-refractivity contribution in [2.24, 2.45) is 0 Å². The Kier molecular flexibility index (Phi) is 6.22. The average molecular weight is 300 g/mol. The zero-order chi connectivity index (χ0) is 12.7. The molecule has 0 bridgehead atoms. The van der Waals surface area contributed by atoms with Gasteiger partial charge < -0.3 is 10.4 Å². The van der Waals surface area contributed by atoms with Crippen molar-refractivity contribution in [1.82, 2.24) is 5.32 Å². The fourth-order valence-corrected chi connectivity index (χ4v) is 1.92. The highest BCUT2D eigenvalue weighted by Gasteiger charge is 2.11. The Labute approximate surface area is 110 Å². The molecule has 0 saturated carbocycles. The summed E-state index contributed by atoms with van der Waals surface area (Å²) in [5, 5.41) is 12.6. The number of carbonyl (C=O) groups is 1. The van der Waals surface area contributed by atoms with E-state index in [0.29, 0.717) is 12.0 Å². The van der Waals surface area contributed by atoms with E-state index in [1.807, 2.05) is 31.2 Å². The van der Waals surface area contributed by atoms with Crippen molar-refractivity contribution in [1.29, 1.82) is 0 Å². The number of halogens is 1. The lowest BCUT2D eigenvalue weighted by molar-refractivity contribution is 0.0929. The van der Waals surface area contributed by atoms with E-state index in [1.54, 1.807) is 0 Å². The molecule has 0 aliphatic heterocycles. The van der Waals surface area contributed by atoms with E-state index in [2.05, 4.69) is 21.2 Å². The van der Waals surface area contributed by atoms with Crippen molar-refractivity contribution < 1.29 is 9.90 Å². The van der Waals surface area contributed by atoms with Gasteiger partial charge in [0.05, 0.1) is 0 Å². The van der Waals surface area contributed by atoms with Gasteiger partial charge in [0.15, 0.2) is 0 Å². The van der Waals surface area contributed by atoms with E-state index in [4.69, 9.17) is 5.11 Å². The van der Waals surface area contributed by atoms with Crippen molar-refractivity contribution in [3.05, 3.63) is 35.4 Å². The number of benzene rings is 1. The number of nitrogens with one attached hydrogen (secondary N) is 1. The lowest BCUT2D eigenvalue weighted by atomic mass is 10.1. The van der Waals surface area contributed by atoms with Crippen molar-refractivity contribution in [2.75, 3.05) is 6.61 Å². The van der Waals surface area contributed by atoms with Gasteiger partial charge in [0.25, 0.3) is 5.91 Å². The number of amides is 1. The molecular weight excluding hydrogens is 282 g/mol. The normalized spacial score (nSPS) is 12.2. The molecule has 94 valence electrons. The Morgan fingerprint density at radius 2 is 2.06 bits per heavy atom. The van der Waals surface area contributed by atoms with Crippen LogP contribution in [0.5, 0.6) is 0 Å². The van der Waals surface area contributed by atoms with Gasteiger partial charge in [0.2, 0.25) is 0 Å². The van der Waals surface area contributed by atoms with E-state index in [9.17, 15) is 4.79 Å². The minimum absolute atomic E-state index is 0.0448. The Morgan fingerprint density at radius 1 is 1.41 bits per heavy atom. The molecule has 1 aromatic carbocycles. The van der Waals surface area contributed by atoms with Gasteiger partial charge in [-0.1, -0.05) is 35.0 Å². The van der Waals surface area contributed by atoms with E-state index in [0.717, 1.165) is 17.3 Å². The van der Waals surface area contributed by atoms with Crippen LogP contribution in [0.3, 0.4) is 0 Å². The predicted octanol–water partition coefficient (Wildman–Crippen LogP) is 2.47. The molecule has 4 heteroatoms. The summed E-state index contributed by atoms with van der Waals surface area (Å²) < 4.78 is 0. The second kappa shape index (κ2) is 7.45. The van der Waals surface area contributed by atoms with Gasteiger partial charge in [0, 0.05) is 23.5 Å². The molecule has 0 heterocycles. The van der Waals surface area contributed by atoms with Crippen molar-refractivity contribution in [3.63, 3.8) is 0 Å². The number of carbonyl (C=O) groups excluding carboxylic acids is 1. The summed E-state index contributed by atoms with van der Waals surface area (Å²) >= 11 is 3.36. The van der Waals surface area contributed by atoms with Crippen LogP contribution in [0.4, 0.5) is 0 Å². The molecule has 0 aliphatic carbocycles. The lowest BCUT2D eigenvalue weighted by Gasteiger charge is -2.15. The van der Waals surface area contributed by atoms with Crippen LogP contribution in [0.15, 0.2) is 24.3 Å². The molecule has 17 heavy (non-hydrogen) atoms. The van der Waals surface area contributed by atoms with Gasteiger partial charge in [-0.25, -0.2) is 0 Å². The largest absolute Gasteiger partial charge is 0.396 e. The van der Waals surface area contributed by atoms with E-state index >= 15 is 0 Å². The Bertz CT molecular complexity index is 351. The molecule has 0 aromatic heterocycles. The monoisotopic (exact) mass is 299 g/mol. The standard InChI is InChI=1S/C13H18BrNO2/c1-2-12(7-8-16)15-13(17)11-5-3-10(9-14)4-6-11/h3-6,12,16H,2,7-9H2,1H3,(H,15,17). The zero-order valence-corrected chi connectivity index (χ0v) is 11.5. The molecule has 1 unspecified atom stereocenters. The maximum atomic E-state index is 11.9. The maximum absolute atomic E-state index is 11.9. The van der Waals surface area contributed by atoms with Crippen LogP contribution >= 0.6 is 15.9 Å². The summed E-state index contributed by atoms with van der Waals surface area (Å²) in [5.74, 6) is -0.0774. The number of rotatable bonds is 6. The topological polar surface area (TPSA) is 49.3 Å². The number of hydrogen-bond acceptors (Lipinski definition) is 2. The summed E-state index contributed by atoms with van der Waals surface area (Å²) in [6, 6.07) is 7.53. The zero-order valence-electron chi connectivity index (χ0n) is 9.95. The molecule has 1 rings (SSSR count). The number of hydrogen-bond donors (Lipinski definition) is 2. The van der Waals surface area contributed by atoms with Crippen molar-refractivity contribution >= 4 is 21.8 Å². The van der Waals surface area contributed by atoms with Crippen LogP contribution in [0, 0.1) is 0 Å². The second-order valence-electron chi connectivity index (χ2n) is 3.92. The minimum atomic E-state index is -0.0774. The molecule has 0 fully saturated rings. The highest BCUT2D eigenvalue weighted by molar-refractivity contribution is 9.08. The first-order chi connectivity index (χ1) is 8.21. The molecule has 0 radical (unpaired) electrons. The van der Waals surface area contributed by atoms with Gasteiger partial charge in [-0.15, -0.1) is 0 Å². The van der Waals surface area contributed by atoms with Crippen LogP contribution in [0.2, 0.25) is 0 Å². The second-order valence-corrected chi connectivity index (χ2v) is 4.48. The molecular formula is C13H18BrNO2. The molecule has 0 spiro atoms. The minimum Gasteiger partial charge on any atom is -0.396 e. The molecule has 1 atom stereocenters. The fraction of sp³-hybridized carbons (Fsp3) is 0.462. The lowest BCUT2D eigenvalue weighted by Crippen LogP contribution is -2.35. The van der Waals surface area contributed by atoms with Crippen molar-refractivity contribution in [3.8, 4) is 0 Å². The summed E-state index contributed by atoms with van der Waals surface area (Å²) in [5.41, 5.74) is 1.80. The third-order valence-electron chi connectivity index (χ3n) is 2.68. The van der Waals surface area contributed by atoms with Crippen LogP contribution in [0.1, 0.15) is 35.7 Å². The summed E-state index contributed by atoms with van der Waals surface area (Å²) in [7, 11) is 0. The quantitative estimate of drug-likeness (QED) is 0.793. The van der Waals surface area contributed by atoms with Crippen LogP contribution in [0.25, 0.3) is 0 Å². The van der Waals surface area contributed by atoms with Crippen LogP contribution < -0.4 is 5.32 Å². The highest BCUT2D eigenvalue weighted by atomic mass is 79.9. The van der Waals surface area contributed by atoms with Crippen LogP contribution in [-0.2, 0) is 5.33 Å². The average Bonchev–Trinajstić information content (AvgIpc) is 2.38. The Morgan fingerprint density at radius 3 is 2.53 bits per heavy atom. The first kappa shape index (κ1) is 14.2. The molecule has 0 saturated heterocycles. The number of aliphatic hydroxyl groups excluding tert-OH is 1. The number of aliphatic hydroxyl groups is 1. The predicted molar refractivity (Wildman–Crippen MR) is 72.3 cm³/mol. The Balaban J connectivity index is 2.62. The summed E-state index contributed by atoms with van der Waals surface area (Å²) in [6.07, 6.45) is 1.42. The molecule has 1 amide bonds. The summed E-state index contributed by atoms with van der Waals surface area (Å²) in [4.78, 5) is 11.9. The number of alkyl halides is 1. The van der Waals surface area contributed by atoms with Crippen molar-refractivity contribution in [2.45, 2.75) is 31.1 Å². The molecule has 2 N–H and O–H groups in total. The van der Waals surface area contributed by atoms with Gasteiger partial charge in [-0.3, -0.25) is 4.79 Å². The Hall–Kier alpha value is -0.870. The first-order valence-electron chi connectivity index (χ1n) is 5.77. The van der Waals surface area contributed by atoms with E-state index < -0.39 is 0 Å². The van der Waals surface area contributed by atoms with E-state index in [-0.39, 0.29) is 18.6 Å². The third kappa shape index (κ3) is 4.48. The molecule has 3 nitrogen and oxygen atoms in total. The maximum Gasteiger partial charge on any atom is 0.251 e. The molecule has 1 aromatic rings. The van der Waals surface area contributed by atoms with Gasteiger partial charge in [0.1, 0.15) is 0 Å². The van der Waals surface area contributed by atoms with Crippen LogP contribution in [-0.4, -0.2) is 23.7 Å². The SMILES string of the molecule is CCC(CCO)NC(=O)c1ccc(CBr)cc1. The van der Waals surface area contributed by atoms with Gasteiger partial charge in [-0.05, 0) is 30.5 Å². The molecule has 0 aliphatic rings. The smallest absolute Gasteiger partial charge is 0.251 e.